The van der Waals surface area contributed by atoms with Gasteiger partial charge in [-0.15, -0.1) is 0 Å². The first kappa shape index (κ1) is 18.7. The molecule has 8 heteroatoms. The minimum Gasteiger partial charge on any atom is -0.478 e. The molecule has 0 fully saturated rings. The lowest BCUT2D eigenvalue weighted by molar-refractivity contribution is -0.132. The van der Waals surface area contributed by atoms with E-state index in [0.717, 1.165) is 13.8 Å². The SMILES string of the molecule is CC(=O)Oc1ccc(C(=O)O)cc1-c1cc(C(=O)O)ccc1OC(C)=O. The molecule has 0 saturated heterocycles. The van der Waals surface area contributed by atoms with Gasteiger partial charge in [-0.2, -0.15) is 0 Å². The van der Waals surface area contributed by atoms with Crippen LogP contribution in [0.25, 0.3) is 11.1 Å². The Morgan fingerprint density at radius 2 is 1.04 bits per heavy atom. The first-order chi connectivity index (χ1) is 12.2. The van der Waals surface area contributed by atoms with Gasteiger partial charge < -0.3 is 19.7 Å². The van der Waals surface area contributed by atoms with Crippen molar-refractivity contribution >= 4 is 23.9 Å². The summed E-state index contributed by atoms with van der Waals surface area (Å²) in [5, 5.41) is 18.4. The summed E-state index contributed by atoms with van der Waals surface area (Å²) in [6.45, 7) is 2.32. The Morgan fingerprint density at radius 1 is 0.692 bits per heavy atom. The van der Waals surface area contributed by atoms with Crippen LogP contribution in [0.4, 0.5) is 0 Å². The van der Waals surface area contributed by atoms with E-state index < -0.39 is 23.9 Å². The van der Waals surface area contributed by atoms with E-state index in [1.54, 1.807) is 0 Å². The number of rotatable bonds is 5. The molecule has 8 nitrogen and oxygen atoms in total. The normalized spacial score (nSPS) is 10.1. The molecule has 0 aliphatic rings. The van der Waals surface area contributed by atoms with Crippen LogP contribution in [0.1, 0.15) is 34.6 Å². The van der Waals surface area contributed by atoms with E-state index in [-0.39, 0.29) is 33.8 Å². The number of carboxylic acid groups (broad SMARTS) is 2. The number of carbonyl (C=O) groups is 4. The minimum atomic E-state index is -1.23. The first-order valence-corrected chi connectivity index (χ1v) is 7.31. The topological polar surface area (TPSA) is 127 Å². The fourth-order valence-corrected chi connectivity index (χ4v) is 2.23. The van der Waals surface area contributed by atoms with Gasteiger partial charge in [0.15, 0.2) is 0 Å². The Kier molecular flexibility index (Phi) is 5.36. The van der Waals surface area contributed by atoms with Crippen molar-refractivity contribution in [3.63, 3.8) is 0 Å². The Morgan fingerprint density at radius 3 is 1.31 bits per heavy atom. The van der Waals surface area contributed by atoms with Crippen LogP contribution in [-0.2, 0) is 9.59 Å². The lowest BCUT2D eigenvalue weighted by Crippen LogP contribution is -2.07. The van der Waals surface area contributed by atoms with Crippen LogP contribution in [-0.4, -0.2) is 34.1 Å². The van der Waals surface area contributed by atoms with Crippen molar-refractivity contribution in [2.24, 2.45) is 0 Å². The third kappa shape index (κ3) is 4.23. The molecule has 0 unspecified atom stereocenters. The number of hydrogen-bond donors (Lipinski definition) is 2. The quantitative estimate of drug-likeness (QED) is 0.617. The van der Waals surface area contributed by atoms with Gasteiger partial charge in [0.25, 0.3) is 0 Å². The Labute approximate surface area is 147 Å². The van der Waals surface area contributed by atoms with Gasteiger partial charge in [-0.1, -0.05) is 0 Å². The second-order valence-corrected chi connectivity index (χ2v) is 5.22. The van der Waals surface area contributed by atoms with Crippen molar-refractivity contribution in [1.82, 2.24) is 0 Å². The molecule has 0 saturated carbocycles. The van der Waals surface area contributed by atoms with Gasteiger partial charge >= 0.3 is 23.9 Å². The molecular formula is C18H14O8. The van der Waals surface area contributed by atoms with Crippen molar-refractivity contribution in [2.45, 2.75) is 13.8 Å². The highest BCUT2D eigenvalue weighted by molar-refractivity contribution is 5.94. The summed E-state index contributed by atoms with van der Waals surface area (Å²) in [4.78, 5) is 45.2. The second-order valence-electron chi connectivity index (χ2n) is 5.22. The third-order valence-corrected chi connectivity index (χ3v) is 3.25. The zero-order valence-corrected chi connectivity index (χ0v) is 13.8. The highest BCUT2D eigenvalue weighted by atomic mass is 16.5. The average molecular weight is 358 g/mol. The molecule has 2 aromatic rings. The Hall–Kier alpha value is -3.68. The van der Waals surface area contributed by atoms with Gasteiger partial charge in [0, 0.05) is 25.0 Å². The summed E-state index contributed by atoms with van der Waals surface area (Å²) in [6, 6.07) is 7.41. The number of carboxylic acids is 2. The molecule has 134 valence electrons. The number of esters is 2. The van der Waals surface area contributed by atoms with Crippen molar-refractivity contribution in [3.05, 3.63) is 47.5 Å². The molecule has 0 aliphatic carbocycles. The van der Waals surface area contributed by atoms with Crippen LogP contribution in [0.2, 0.25) is 0 Å². The third-order valence-electron chi connectivity index (χ3n) is 3.25. The number of benzene rings is 2. The van der Waals surface area contributed by atoms with E-state index in [4.69, 9.17) is 9.47 Å². The van der Waals surface area contributed by atoms with Gasteiger partial charge in [0.2, 0.25) is 0 Å². The summed E-state index contributed by atoms with van der Waals surface area (Å²) < 4.78 is 10.2. The molecule has 0 atom stereocenters. The molecule has 0 radical (unpaired) electrons. The van der Waals surface area contributed by atoms with E-state index in [9.17, 15) is 29.4 Å². The zero-order chi connectivity index (χ0) is 19.4. The maximum absolute atomic E-state index is 11.3. The standard InChI is InChI=1S/C18H14O8/c1-9(19)25-15-5-3-11(17(21)22)7-13(15)14-8-12(18(23)24)4-6-16(14)26-10(2)20/h3-8H,1-2H3,(H,21,22)(H,23,24). The number of aromatic carboxylic acids is 2. The summed E-state index contributed by atoms with van der Waals surface area (Å²) in [5.41, 5.74) is -0.0466. The van der Waals surface area contributed by atoms with Gasteiger partial charge in [0.1, 0.15) is 11.5 Å². The van der Waals surface area contributed by atoms with Crippen LogP contribution in [0.3, 0.4) is 0 Å². The largest absolute Gasteiger partial charge is 0.478 e. The molecular weight excluding hydrogens is 344 g/mol. The molecule has 0 aromatic heterocycles. The van der Waals surface area contributed by atoms with Crippen LogP contribution < -0.4 is 9.47 Å². The molecule has 2 N–H and O–H groups in total. The van der Waals surface area contributed by atoms with Crippen molar-refractivity contribution < 1.29 is 38.9 Å². The van der Waals surface area contributed by atoms with E-state index in [1.807, 2.05) is 0 Å². The van der Waals surface area contributed by atoms with E-state index in [1.165, 1.54) is 36.4 Å². The number of carbonyl (C=O) groups excluding carboxylic acids is 2. The second kappa shape index (κ2) is 7.47. The molecule has 0 aliphatic heterocycles. The number of ether oxygens (including phenoxy) is 2. The first-order valence-electron chi connectivity index (χ1n) is 7.31. The minimum absolute atomic E-state index is 0.00144. The van der Waals surface area contributed by atoms with E-state index in [0.29, 0.717) is 0 Å². The Bertz CT molecular complexity index is 838. The van der Waals surface area contributed by atoms with E-state index in [2.05, 4.69) is 0 Å². The summed E-state index contributed by atoms with van der Waals surface area (Å²) in [5.74, 6) is -3.78. The van der Waals surface area contributed by atoms with Crippen LogP contribution in [0, 0.1) is 0 Å². The van der Waals surface area contributed by atoms with Gasteiger partial charge in [-0.25, -0.2) is 9.59 Å². The Balaban J connectivity index is 2.77. The lowest BCUT2D eigenvalue weighted by Gasteiger charge is -2.14. The smallest absolute Gasteiger partial charge is 0.335 e. The molecule has 2 aromatic carbocycles. The molecule has 0 amide bonds. The fourth-order valence-electron chi connectivity index (χ4n) is 2.23. The van der Waals surface area contributed by atoms with E-state index >= 15 is 0 Å². The van der Waals surface area contributed by atoms with Crippen LogP contribution in [0.15, 0.2) is 36.4 Å². The monoisotopic (exact) mass is 358 g/mol. The highest BCUT2D eigenvalue weighted by Gasteiger charge is 2.19. The molecule has 26 heavy (non-hydrogen) atoms. The van der Waals surface area contributed by atoms with Crippen molar-refractivity contribution in [3.8, 4) is 22.6 Å². The predicted molar refractivity (Wildman–Crippen MR) is 88.4 cm³/mol. The van der Waals surface area contributed by atoms with Gasteiger partial charge in [-0.05, 0) is 36.4 Å². The van der Waals surface area contributed by atoms with Crippen LogP contribution >= 0.6 is 0 Å². The maximum atomic E-state index is 11.3. The molecule has 2 rings (SSSR count). The maximum Gasteiger partial charge on any atom is 0.335 e. The summed E-state index contributed by atoms with van der Waals surface area (Å²) >= 11 is 0. The molecule has 0 bridgehead atoms. The van der Waals surface area contributed by atoms with Crippen molar-refractivity contribution in [2.75, 3.05) is 0 Å². The molecule has 0 heterocycles. The predicted octanol–water partition coefficient (Wildman–Crippen LogP) is 2.60. The molecule has 0 spiro atoms. The summed E-state index contributed by atoms with van der Waals surface area (Å²) in [6.07, 6.45) is 0. The number of hydrogen-bond acceptors (Lipinski definition) is 6. The summed E-state index contributed by atoms with van der Waals surface area (Å²) in [7, 11) is 0. The van der Waals surface area contributed by atoms with Gasteiger partial charge in [-0.3, -0.25) is 9.59 Å². The van der Waals surface area contributed by atoms with Gasteiger partial charge in [0.05, 0.1) is 11.1 Å². The van der Waals surface area contributed by atoms with Crippen molar-refractivity contribution in [1.29, 1.82) is 0 Å². The average Bonchev–Trinajstić information content (AvgIpc) is 2.54. The fraction of sp³-hybridized carbons (Fsp3) is 0.111. The zero-order valence-electron chi connectivity index (χ0n) is 13.8. The van der Waals surface area contributed by atoms with Crippen LogP contribution in [0.5, 0.6) is 11.5 Å². The lowest BCUT2D eigenvalue weighted by atomic mass is 9.98. The highest BCUT2D eigenvalue weighted by Crippen LogP contribution is 2.38.